The van der Waals surface area contributed by atoms with Crippen molar-refractivity contribution in [3.8, 4) is 17.4 Å². The van der Waals surface area contributed by atoms with Crippen molar-refractivity contribution in [1.82, 2.24) is 10.2 Å². The number of benzene rings is 1. The fourth-order valence-electron chi connectivity index (χ4n) is 1.55. The van der Waals surface area contributed by atoms with Gasteiger partial charge in [0.2, 0.25) is 0 Å². The third-order valence-corrected chi connectivity index (χ3v) is 2.92. The van der Waals surface area contributed by atoms with E-state index < -0.39 is 0 Å². The molecule has 0 atom stereocenters. The third-order valence-electron chi connectivity index (χ3n) is 2.49. The zero-order chi connectivity index (χ0) is 13.9. The number of hydrogen-bond donors (Lipinski definition) is 1. The van der Waals surface area contributed by atoms with E-state index in [0.717, 1.165) is 0 Å². The first-order valence-corrected chi connectivity index (χ1v) is 6.56. The molecule has 2 heterocycles. The highest BCUT2D eigenvalue weighted by Gasteiger charge is 2.12. The summed E-state index contributed by atoms with van der Waals surface area (Å²) in [5.74, 6) is 1.86. The summed E-state index contributed by atoms with van der Waals surface area (Å²) >= 11 is 3.21. The molecule has 6 nitrogen and oxygen atoms in total. The van der Waals surface area contributed by atoms with Crippen molar-refractivity contribution in [2.45, 2.75) is 6.61 Å². The van der Waals surface area contributed by atoms with Crippen molar-refractivity contribution in [2.24, 2.45) is 0 Å². The molecule has 3 rings (SSSR count). The van der Waals surface area contributed by atoms with Gasteiger partial charge in [-0.25, -0.2) is 0 Å². The van der Waals surface area contributed by atoms with Crippen LogP contribution in [0, 0.1) is 0 Å². The second-order valence-electron chi connectivity index (χ2n) is 3.96. The van der Waals surface area contributed by atoms with Gasteiger partial charge in [-0.3, -0.25) is 0 Å². The maximum atomic E-state index is 5.59. The van der Waals surface area contributed by atoms with Crippen molar-refractivity contribution in [3.05, 3.63) is 47.0 Å². The number of nitrogens with two attached hydrogens (primary N) is 1. The summed E-state index contributed by atoms with van der Waals surface area (Å²) in [5.41, 5.74) is 6.27. The first kappa shape index (κ1) is 12.7. The van der Waals surface area contributed by atoms with Crippen LogP contribution in [0.2, 0.25) is 0 Å². The molecule has 3 aromatic rings. The van der Waals surface area contributed by atoms with Crippen molar-refractivity contribution < 1.29 is 13.6 Å². The average Bonchev–Trinajstić information content (AvgIpc) is 3.07. The van der Waals surface area contributed by atoms with E-state index in [0.29, 0.717) is 33.6 Å². The van der Waals surface area contributed by atoms with Crippen LogP contribution >= 0.6 is 15.9 Å². The number of aromatic nitrogens is 2. The molecule has 1 aromatic carbocycles. The normalized spacial score (nSPS) is 10.7. The molecule has 2 N–H and O–H groups in total. The lowest BCUT2D eigenvalue weighted by Crippen LogP contribution is -1.95. The van der Waals surface area contributed by atoms with Gasteiger partial charge in [0.05, 0.1) is 0 Å². The predicted molar refractivity (Wildman–Crippen MR) is 74.9 cm³/mol. The molecule has 0 aliphatic heterocycles. The SMILES string of the molecule is Nc1ccc(OCc2nnc(-c3ccc(Br)o3)o2)cc1. The Labute approximate surface area is 122 Å². The number of hydrogen-bond acceptors (Lipinski definition) is 6. The number of anilines is 1. The molecule has 0 aliphatic carbocycles. The van der Waals surface area contributed by atoms with E-state index in [1.165, 1.54) is 0 Å². The Morgan fingerprint density at radius 2 is 1.85 bits per heavy atom. The molecule has 0 spiro atoms. The maximum absolute atomic E-state index is 5.59. The zero-order valence-corrected chi connectivity index (χ0v) is 11.8. The van der Waals surface area contributed by atoms with Gasteiger partial charge in [0.15, 0.2) is 17.0 Å². The summed E-state index contributed by atoms with van der Waals surface area (Å²) in [7, 11) is 0. The van der Waals surface area contributed by atoms with Gasteiger partial charge < -0.3 is 19.3 Å². The van der Waals surface area contributed by atoms with E-state index in [1.54, 1.807) is 36.4 Å². The molecule has 0 saturated carbocycles. The molecule has 2 aromatic heterocycles. The number of halogens is 1. The van der Waals surface area contributed by atoms with Crippen LogP contribution in [-0.4, -0.2) is 10.2 Å². The molecular formula is C13H10BrN3O3. The van der Waals surface area contributed by atoms with Crippen molar-refractivity contribution in [1.29, 1.82) is 0 Å². The molecule has 0 aliphatic rings. The second kappa shape index (κ2) is 5.38. The lowest BCUT2D eigenvalue weighted by molar-refractivity contribution is 0.264. The van der Waals surface area contributed by atoms with Crippen molar-refractivity contribution in [3.63, 3.8) is 0 Å². The lowest BCUT2D eigenvalue weighted by atomic mass is 10.3. The van der Waals surface area contributed by atoms with Crippen LogP contribution in [-0.2, 0) is 6.61 Å². The van der Waals surface area contributed by atoms with Gasteiger partial charge in [-0.1, -0.05) is 0 Å². The Balaban J connectivity index is 1.67. The Hall–Kier alpha value is -2.28. The van der Waals surface area contributed by atoms with Crippen LogP contribution in [0.3, 0.4) is 0 Å². The summed E-state index contributed by atoms with van der Waals surface area (Å²) in [4.78, 5) is 0. The van der Waals surface area contributed by atoms with E-state index in [-0.39, 0.29) is 6.61 Å². The largest absolute Gasteiger partial charge is 0.484 e. The van der Waals surface area contributed by atoms with Crippen LogP contribution in [0.25, 0.3) is 11.7 Å². The Morgan fingerprint density at radius 1 is 1.05 bits per heavy atom. The number of rotatable bonds is 4. The summed E-state index contributed by atoms with van der Waals surface area (Å²) in [5, 5.41) is 7.79. The molecular weight excluding hydrogens is 326 g/mol. The number of nitrogen functional groups attached to an aromatic ring is 1. The summed E-state index contributed by atoms with van der Waals surface area (Å²) in [6.07, 6.45) is 0. The molecule has 0 saturated heterocycles. The van der Waals surface area contributed by atoms with Crippen molar-refractivity contribution in [2.75, 3.05) is 5.73 Å². The monoisotopic (exact) mass is 335 g/mol. The Bertz CT molecular complexity index is 706. The average molecular weight is 336 g/mol. The van der Waals surface area contributed by atoms with Crippen molar-refractivity contribution >= 4 is 21.6 Å². The quantitative estimate of drug-likeness (QED) is 0.736. The number of nitrogens with zero attached hydrogens (tertiary/aromatic N) is 2. The highest BCUT2D eigenvalue weighted by molar-refractivity contribution is 9.10. The second-order valence-corrected chi connectivity index (χ2v) is 4.74. The molecule has 0 unspecified atom stereocenters. The minimum Gasteiger partial charge on any atom is -0.484 e. The van der Waals surface area contributed by atoms with E-state index in [9.17, 15) is 0 Å². The van der Waals surface area contributed by atoms with Crippen LogP contribution in [0.15, 0.2) is 49.9 Å². The van der Waals surface area contributed by atoms with Gasteiger partial charge in [0.1, 0.15) is 5.75 Å². The molecule has 0 radical (unpaired) electrons. The van der Waals surface area contributed by atoms with Gasteiger partial charge in [-0.05, 0) is 52.3 Å². The highest BCUT2D eigenvalue weighted by Crippen LogP contribution is 2.24. The highest BCUT2D eigenvalue weighted by atomic mass is 79.9. The molecule has 20 heavy (non-hydrogen) atoms. The lowest BCUT2D eigenvalue weighted by Gasteiger charge is -2.02. The third kappa shape index (κ3) is 2.83. The minimum absolute atomic E-state index is 0.179. The maximum Gasteiger partial charge on any atom is 0.283 e. The zero-order valence-electron chi connectivity index (χ0n) is 10.2. The minimum atomic E-state index is 0.179. The molecule has 0 bridgehead atoms. The number of ether oxygens (including phenoxy) is 1. The van der Waals surface area contributed by atoms with Crippen LogP contribution in [0.5, 0.6) is 5.75 Å². The van der Waals surface area contributed by atoms with E-state index in [2.05, 4.69) is 26.1 Å². The Kier molecular flexibility index (Phi) is 3.42. The van der Waals surface area contributed by atoms with Crippen LogP contribution < -0.4 is 10.5 Å². The fourth-order valence-corrected chi connectivity index (χ4v) is 1.86. The van der Waals surface area contributed by atoms with E-state index in [4.69, 9.17) is 19.3 Å². The van der Waals surface area contributed by atoms with Gasteiger partial charge >= 0.3 is 0 Å². The molecule has 7 heteroatoms. The molecule has 0 fully saturated rings. The summed E-state index contributed by atoms with van der Waals surface area (Å²) in [6, 6.07) is 10.6. The summed E-state index contributed by atoms with van der Waals surface area (Å²) < 4.78 is 16.9. The smallest absolute Gasteiger partial charge is 0.283 e. The van der Waals surface area contributed by atoms with Crippen LogP contribution in [0.1, 0.15) is 5.89 Å². The first-order valence-electron chi connectivity index (χ1n) is 5.77. The van der Waals surface area contributed by atoms with Gasteiger partial charge in [-0.15, -0.1) is 10.2 Å². The number of furan rings is 1. The molecule has 102 valence electrons. The topological polar surface area (TPSA) is 87.3 Å². The first-order chi connectivity index (χ1) is 9.70. The van der Waals surface area contributed by atoms with Gasteiger partial charge in [0, 0.05) is 5.69 Å². The fraction of sp³-hybridized carbons (Fsp3) is 0.0769. The summed E-state index contributed by atoms with van der Waals surface area (Å²) in [6.45, 7) is 0.179. The predicted octanol–water partition coefficient (Wildman–Crippen LogP) is 3.25. The van der Waals surface area contributed by atoms with E-state index in [1.807, 2.05) is 0 Å². The Morgan fingerprint density at radius 3 is 2.55 bits per heavy atom. The van der Waals surface area contributed by atoms with Crippen LogP contribution in [0.4, 0.5) is 5.69 Å². The standard InChI is InChI=1S/C13H10BrN3O3/c14-11-6-5-10(19-11)13-17-16-12(20-13)7-18-9-3-1-8(15)2-4-9/h1-6H,7,15H2. The molecule has 0 amide bonds. The van der Waals surface area contributed by atoms with E-state index >= 15 is 0 Å². The van der Waals surface area contributed by atoms with Gasteiger partial charge in [0.25, 0.3) is 11.8 Å². The van der Waals surface area contributed by atoms with Gasteiger partial charge in [-0.2, -0.15) is 0 Å².